The van der Waals surface area contributed by atoms with E-state index in [1.54, 1.807) is 43.5 Å². The van der Waals surface area contributed by atoms with Gasteiger partial charge >= 0.3 is 0 Å². The topological polar surface area (TPSA) is 96.1 Å². The van der Waals surface area contributed by atoms with Gasteiger partial charge in [0.25, 0.3) is 11.8 Å². The summed E-state index contributed by atoms with van der Waals surface area (Å²) >= 11 is 1.25. The minimum atomic E-state index is -0.242. The number of anilines is 2. The van der Waals surface area contributed by atoms with E-state index in [2.05, 4.69) is 20.8 Å². The lowest BCUT2D eigenvalue weighted by atomic mass is 10.1. The van der Waals surface area contributed by atoms with E-state index in [4.69, 9.17) is 4.74 Å². The van der Waals surface area contributed by atoms with Crippen molar-refractivity contribution in [2.75, 3.05) is 17.7 Å². The highest BCUT2D eigenvalue weighted by molar-refractivity contribution is 7.20. The van der Waals surface area contributed by atoms with Crippen molar-refractivity contribution < 1.29 is 14.3 Å². The van der Waals surface area contributed by atoms with Gasteiger partial charge in [0.1, 0.15) is 16.4 Å². The first kappa shape index (κ1) is 18.7. The van der Waals surface area contributed by atoms with Gasteiger partial charge in [0, 0.05) is 11.3 Å². The normalized spacial score (nSPS) is 10.7. The fourth-order valence-electron chi connectivity index (χ4n) is 2.86. The molecular weight excluding hydrogens is 388 g/mol. The number of fused-ring (bicyclic) bond motifs is 1. The average molecular weight is 406 g/mol. The van der Waals surface area contributed by atoms with Crippen molar-refractivity contribution in [3.05, 3.63) is 70.6 Å². The molecule has 0 spiro atoms. The molecule has 2 amide bonds. The largest absolute Gasteiger partial charge is 0.497 e. The molecule has 0 unspecified atom stereocenters. The van der Waals surface area contributed by atoms with Crippen LogP contribution in [-0.2, 0) is 0 Å². The number of hydrogen-bond acceptors (Lipinski definition) is 5. The number of aromatic amines is 1. The summed E-state index contributed by atoms with van der Waals surface area (Å²) in [4.78, 5) is 26.2. The molecule has 2 aromatic heterocycles. The molecule has 0 fully saturated rings. The van der Waals surface area contributed by atoms with E-state index >= 15 is 0 Å². The molecule has 0 radical (unpaired) electrons. The highest BCUT2D eigenvalue weighted by atomic mass is 32.1. The lowest BCUT2D eigenvalue weighted by Gasteiger charge is -2.05. The highest BCUT2D eigenvalue weighted by Gasteiger charge is 2.17. The number of methoxy groups -OCH3 is 1. The van der Waals surface area contributed by atoms with Gasteiger partial charge in [0.15, 0.2) is 0 Å². The van der Waals surface area contributed by atoms with Gasteiger partial charge in [0.05, 0.1) is 17.4 Å². The summed E-state index contributed by atoms with van der Waals surface area (Å²) in [5, 5.41) is 13.4. The van der Waals surface area contributed by atoms with E-state index in [1.807, 2.05) is 25.1 Å². The van der Waals surface area contributed by atoms with Crippen molar-refractivity contribution in [3.8, 4) is 5.75 Å². The first-order chi connectivity index (χ1) is 14.0. The Morgan fingerprint density at radius 3 is 2.55 bits per heavy atom. The molecule has 0 aliphatic heterocycles. The Balaban J connectivity index is 1.52. The standard InChI is InChI=1S/C21H18N4O3S/c1-12-4-3-5-13(10-12)19(26)23-18-16-11-17(29-21(16)25-24-18)20(27)22-14-6-8-15(28-2)9-7-14/h3-11H,1-2H3,(H,22,27)(H2,23,24,25,26). The molecule has 0 saturated carbocycles. The maximum Gasteiger partial charge on any atom is 0.265 e. The zero-order chi connectivity index (χ0) is 20.4. The molecule has 0 bridgehead atoms. The second kappa shape index (κ2) is 7.76. The Labute approximate surface area is 170 Å². The molecule has 7 nitrogen and oxygen atoms in total. The van der Waals surface area contributed by atoms with Gasteiger partial charge in [-0.1, -0.05) is 17.7 Å². The Bertz CT molecular complexity index is 1190. The van der Waals surface area contributed by atoms with Crippen molar-refractivity contribution in [2.24, 2.45) is 0 Å². The maximum atomic E-state index is 12.6. The van der Waals surface area contributed by atoms with E-state index in [9.17, 15) is 9.59 Å². The predicted octanol–water partition coefficient (Wildman–Crippen LogP) is 4.45. The number of rotatable bonds is 5. The van der Waals surface area contributed by atoms with Crippen LogP contribution >= 0.6 is 11.3 Å². The van der Waals surface area contributed by atoms with Crippen molar-refractivity contribution in [1.29, 1.82) is 0 Å². The van der Waals surface area contributed by atoms with E-state index < -0.39 is 0 Å². The lowest BCUT2D eigenvalue weighted by molar-refractivity contribution is 0.102. The summed E-state index contributed by atoms with van der Waals surface area (Å²) in [6, 6.07) is 16.1. The second-order valence-corrected chi connectivity index (χ2v) is 7.46. The zero-order valence-corrected chi connectivity index (χ0v) is 16.6. The van der Waals surface area contributed by atoms with Crippen LogP contribution in [-0.4, -0.2) is 29.1 Å². The molecule has 8 heteroatoms. The maximum absolute atomic E-state index is 12.6. The summed E-state index contributed by atoms with van der Waals surface area (Å²) < 4.78 is 5.11. The van der Waals surface area contributed by atoms with Gasteiger partial charge in [-0.15, -0.1) is 11.3 Å². The number of thiophene rings is 1. The van der Waals surface area contributed by atoms with Gasteiger partial charge < -0.3 is 15.4 Å². The molecular formula is C21H18N4O3S. The number of carbonyl (C=O) groups excluding carboxylic acids is 2. The first-order valence-electron chi connectivity index (χ1n) is 8.85. The molecule has 0 aliphatic rings. The second-order valence-electron chi connectivity index (χ2n) is 6.43. The number of ether oxygens (including phenoxy) is 1. The molecule has 2 aromatic carbocycles. The SMILES string of the molecule is COc1ccc(NC(=O)c2cc3c(NC(=O)c4cccc(C)c4)[nH]nc3s2)cc1. The van der Waals surface area contributed by atoms with Crippen LogP contribution in [0, 0.1) is 6.92 Å². The fraction of sp³-hybridized carbons (Fsp3) is 0.0952. The van der Waals surface area contributed by atoms with Crippen LogP contribution in [0.4, 0.5) is 11.5 Å². The Hall–Kier alpha value is -3.65. The molecule has 0 saturated heterocycles. The minimum absolute atomic E-state index is 0.241. The zero-order valence-electron chi connectivity index (χ0n) is 15.8. The Morgan fingerprint density at radius 1 is 1.03 bits per heavy atom. The van der Waals surface area contributed by atoms with E-state index in [-0.39, 0.29) is 11.8 Å². The summed E-state index contributed by atoms with van der Waals surface area (Å²) in [5.74, 6) is 0.696. The molecule has 29 heavy (non-hydrogen) atoms. The van der Waals surface area contributed by atoms with Crippen LogP contribution in [0.3, 0.4) is 0 Å². The number of H-pyrrole nitrogens is 1. The molecule has 0 aliphatic carbocycles. The van der Waals surface area contributed by atoms with Crippen molar-refractivity contribution in [3.63, 3.8) is 0 Å². The lowest BCUT2D eigenvalue weighted by Crippen LogP contribution is -2.12. The van der Waals surface area contributed by atoms with Crippen LogP contribution < -0.4 is 15.4 Å². The number of hydrogen-bond donors (Lipinski definition) is 3. The van der Waals surface area contributed by atoms with Crippen LogP contribution in [0.25, 0.3) is 10.2 Å². The third kappa shape index (κ3) is 3.97. The van der Waals surface area contributed by atoms with E-state index in [1.165, 1.54) is 11.3 Å². The summed E-state index contributed by atoms with van der Waals surface area (Å²) in [6.07, 6.45) is 0. The highest BCUT2D eigenvalue weighted by Crippen LogP contribution is 2.30. The molecule has 4 rings (SSSR count). The number of aryl methyl sites for hydroxylation is 1. The average Bonchev–Trinajstić information content (AvgIpc) is 3.30. The van der Waals surface area contributed by atoms with Crippen molar-refractivity contribution in [1.82, 2.24) is 10.2 Å². The third-order valence-electron chi connectivity index (χ3n) is 4.34. The van der Waals surface area contributed by atoms with Crippen molar-refractivity contribution in [2.45, 2.75) is 6.92 Å². The molecule has 0 atom stereocenters. The van der Waals surface area contributed by atoms with Gasteiger partial charge in [-0.25, -0.2) is 0 Å². The molecule has 4 aromatic rings. The van der Waals surface area contributed by atoms with Gasteiger partial charge in [-0.2, -0.15) is 5.10 Å². The van der Waals surface area contributed by atoms with Gasteiger partial charge in [-0.3, -0.25) is 14.7 Å². The molecule has 2 heterocycles. The number of nitrogens with zero attached hydrogens (tertiary/aromatic N) is 1. The summed E-state index contributed by atoms with van der Waals surface area (Å²) in [7, 11) is 1.59. The van der Waals surface area contributed by atoms with Crippen LogP contribution in [0.5, 0.6) is 5.75 Å². The number of aromatic nitrogens is 2. The van der Waals surface area contributed by atoms with Gasteiger partial charge in [0.2, 0.25) is 0 Å². The van der Waals surface area contributed by atoms with E-state index in [0.29, 0.717) is 37.9 Å². The molecule has 3 N–H and O–H groups in total. The van der Waals surface area contributed by atoms with E-state index in [0.717, 1.165) is 5.56 Å². The van der Waals surface area contributed by atoms with Crippen LogP contribution in [0.15, 0.2) is 54.6 Å². The van der Waals surface area contributed by atoms with Gasteiger partial charge in [-0.05, 0) is 49.4 Å². The Kier molecular flexibility index (Phi) is 5.01. The molecule has 146 valence electrons. The van der Waals surface area contributed by atoms with Crippen LogP contribution in [0.1, 0.15) is 25.6 Å². The third-order valence-corrected chi connectivity index (χ3v) is 5.37. The summed E-state index contributed by atoms with van der Waals surface area (Å²) in [5.41, 5.74) is 2.22. The summed E-state index contributed by atoms with van der Waals surface area (Å²) in [6.45, 7) is 1.93. The fourth-order valence-corrected chi connectivity index (χ4v) is 3.75. The number of nitrogens with one attached hydrogen (secondary N) is 3. The minimum Gasteiger partial charge on any atom is -0.497 e. The van der Waals surface area contributed by atoms with Crippen LogP contribution in [0.2, 0.25) is 0 Å². The monoisotopic (exact) mass is 406 g/mol. The quantitative estimate of drug-likeness (QED) is 0.456. The van der Waals surface area contributed by atoms with Crippen molar-refractivity contribution >= 4 is 44.9 Å². The smallest absolute Gasteiger partial charge is 0.265 e. The number of benzene rings is 2. The first-order valence-corrected chi connectivity index (χ1v) is 9.66. The number of carbonyl (C=O) groups is 2. The Morgan fingerprint density at radius 2 is 1.83 bits per heavy atom. The number of amides is 2. The predicted molar refractivity (Wildman–Crippen MR) is 114 cm³/mol.